The van der Waals surface area contributed by atoms with Gasteiger partial charge in [-0.2, -0.15) is 0 Å². The first-order chi connectivity index (χ1) is 6.45. The molecule has 1 aromatic heterocycles. The number of hydrogen-bond acceptors (Lipinski definition) is 2. The highest BCUT2D eigenvalue weighted by atomic mass is 35.5. The molecular weight excluding hydrogens is 235 g/mol. The predicted molar refractivity (Wildman–Crippen MR) is 49.1 cm³/mol. The highest BCUT2D eigenvalue weighted by Crippen LogP contribution is 2.32. The van der Waals surface area contributed by atoms with Gasteiger partial charge in [-0.3, -0.25) is 9.78 Å². The van der Waals surface area contributed by atoms with E-state index >= 15 is 0 Å². The molecule has 0 radical (unpaired) electrons. The van der Waals surface area contributed by atoms with Crippen molar-refractivity contribution >= 4 is 28.4 Å². The van der Waals surface area contributed by atoms with Crippen molar-refractivity contribution in [3.8, 4) is 0 Å². The third-order valence-electron chi connectivity index (χ3n) is 1.66. The monoisotopic (exact) mass is 239 g/mol. The summed E-state index contributed by atoms with van der Waals surface area (Å²) >= 11 is 10.7. The number of hydrogen-bond donors (Lipinski definition) is 0. The zero-order valence-corrected chi connectivity index (χ0v) is 8.53. The molecule has 6 heteroatoms. The maximum atomic E-state index is 12.5. The molecule has 76 valence electrons. The Kier molecular flexibility index (Phi) is 3.39. The molecule has 0 N–H and O–H groups in total. The number of nitrogens with zero attached hydrogens (tertiary/aromatic N) is 1. The van der Waals surface area contributed by atoms with Crippen LogP contribution in [-0.2, 0) is 0 Å². The Labute approximate surface area is 88.8 Å². The lowest BCUT2D eigenvalue weighted by Gasteiger charge is -2.08. The largest absolute Gasteiger partial charge is 0.276 e. The Balaban J connectivity index is 3.45. The molecule has 0 aliphatic heterocycles. The second-order valence-corrected chi connectivity index (χ2v) is 3.28. The van der Waals surface area contributed by atoms with Crippen LogP contribution in [0.3, 0.4) is 0 Å². The first-order valence-electron chi connectivity index (χ1n) is 3.58. The third-order valence-corrected chi connectivity index (χ3v) is 2.34. The van der Waals surface area contributed by atoms with Crippen LogP contribution in [0.25, 0.3) is 0 Å². The summed E-state index contributed by atoms with van der Waals surface area (Å²) in [5.41, 5.74) is -0.667. The molecule has 0 fully saturated rings. The van der Waals surface area contributed by atoms with Crippen molar-refractivity contribution in [2.24, 2.45) is 0 Å². The summed E-state index contributed by atoms with van der Waals surface area (Å²) in [6, 6.07) is 0. The number of aryl methyl sites for hydroxylation is 1. The number of pyridine rings is 1. The van der Waals surface area contributed by atoms with E-state index in [1.165, 1.54) is 6.92 Å². The number of rotatable bonds is 2. The van der Waals surface area contributed by atoms with Gasteiger partial charge in [0, 0.05) is 6.20 Å². The van der Waals surface area contributed by atoms with Crippen molar-refractivity contribution in [3.63, 3.8) is 0 Å². The Hall–Kier alpha value is -0.740. The maximum absolute atomic E-state index is 12.5. The van der Waals surface area contributed by atoms with Crippen LogP contribution in [0.4, 0.5) is 8.78 Å². The van der Waals surface area contributed by atoms with Crippen LogP contribution < -0.4 is 0 Å². The van der Waals surface area contributed by atoms with Gasteiger partial charge in [-0.25, -0.2) is 8.78 Å². The van der Waals surface area contributed by atoms with Crippen molar-refractivity contribution in [2.75, 3.05) is 0 Å². The molecule has 0 amide bonds. The van der Waals surface area contributed by atoms with E-state index in [1.54, 1.807) is 0 Å². The predicted octanol–water partition coefficient (Wildman–Crippen LogP) is 3.36. The van der Waals surface area contributed by atoms with Crippen LogP contribution in [-0.4, -0.2) is 10.2 Å². The highest BCUT2D eigenvalue weighted by molar-refractivity contribution is 6.68. The topological polar surface area (TPSA) is 30.0 Å². The van der Waals surface area contributed by atoms with Gasteiger partial charge in [0.05, 0.1) is 21.8 Å². The number of aromatic nitrogens is 1. The fourth-order valence-corrected chi connectivity index (χ4v) is 1.35. The van der Waals surface area contributed by atoms with Gasteiger partial charge in [-0.05, 0) is 18.5 Å². The van der Waals surface area contributed by atoms with Crippen LogP contribution in [0.1, 0.15) is 28.0 Å². The molecule has 0 saturated carbocycles. The molecule has 2 nitrogen and oxygen atoms in total. The lowest BCUT2D eigenvalue weighted by Crippen LogP contribution is -2.02. The second kappa shape index (κ2) is 4.19. The van der Waals surface area contributed by atoms with Crippen LogP contribution >= 0.6 is 23.2 Å². The molecule has 0 aliphatic carbocycles. The Morgan fingerprint density at radius 2 is 2.14 bits per heavy atom. The van der Waals surface area contributed by atoms with E-state index in [0.717, 1.165) is 6.20 Å². The Bertz CT molecular complexity index is 382. The summed E-state index contributed by atoms with van der Waals surface area (Å²) < 4.78 is 25.0. The first-order valence-corrected chi connectivity index (χ1v) is 4.33. The van der Waals surface area contributed by atoms with E-state index in [2.05, 4.69) is 4.98 Å². The lowest BCUT2D eigenvalue weighted by atomic mass is 10.1. The summed E-state index contributed by atoms with van der Waals surface area (Å²) in [7, 11) is 0. The van der Waals surface area contributed by atoms with Crippen molar-refractivity contribution in [1.82, 2.24) is 4.98 Å². The van der Waals surface area contributed by atoms with Crippen LogP contribution in [0.2, 0.25) is 5.02 Å². The van der Waals surface area contributed by atoms with Gasteiger partial charge in [-0.1, -0.05) is 11.6 Å². The zero-order chi connectivity index (χ0) is 10.9. The van der Waals surface area contributed by atoms with Gasteiger partial charge < -0.3 is 0 Å². The highest BCUT2D eigenvalue weighted by Gasteiger charge is 2.22. The average Bonchev–Trinajstić information content (AvgIpc) is 2.08. The summed E-state index contributed by atoms with van der Waals surface area (Å²) in [5.74, 6) is 0. The molecule has 0 bridgehead atoms. The smallest absolute Gasteiger partial charge is 0.266 e. The molecule has 0 atom stereocenters. The summed E-state index contributed by atoms with van der Waals surface area (Å²) in [6.45, 7) is 1.47. The fourth-order valence-electron chi connectivity index (χ4n) is 0.971. The van der Waals surface area contributed by atoms with Crippen LogP contribution in [0, 0.1) is 6.92 Å². The van der Waals surface area contributed by atoms with Crippen molar-refractivity contribution in [1.29, 1.82) is 0 Å². The number of carbonyl (C=O) groups is 1. The quantitative estimate of drug-likeness (QED) is 0.742. The van der Waals surface area contributed by atoms with E-state index in [1.807, 2.05) is 0 Å². The normalized spacial score (nSPS) is 10.7. The minimum atomic E-state index is -2.85. The first kappa shape index (κ1) is 11.3. The lowest BCUT2D eigenvalue weighted by molar-refractivity contribution is 0.106. The Morgan fingerprint density at radius 1 is 1.57 bits per heavy atom. The van der Waals surface area contributed by atoms with Gasteiger partial charge in [0.2, 0.25) is 0 Å². The number of alkyl halides is 2. The van der Waals surface area contributed by atoms with E-state index in [0.29, 0.717) is 0 Å². The minimum absolute atomic E-state index is 0.216. The van der Waals surface area contributed by atoms with E-state index in [4.69, 9.17) is 23.2 Å². The maximum Gasteiger partial charge on any atom is 0.266 e. The molecule has 1 aromatic rings. The van der Waals surface area contributed by atoms with Gasteiger partial charge in [0.15, 0.2) is 0 Å². The van der Waals surface area contributed by atoms with E-state index in [-0.39, 0.29) is 16.3 Å². The van der Waals surface area contributed by atoms with Crippen LogP contribution in [0.5, 0.6) is 0 Å². The number of halogens is 4. The molecule has 1 heterocycles. The van der Waals surface area contributed by atoms with Crippen molar-refractivity contribution in [2.45, 2.75) is 13.3 Å². The van der Waals surface area contributed by atoms with Crippen molar-refractivity contribution in [3.05, 3.63) is 28.0 Å². The zero-order valence-electron chi connectivity index (χ0n) is 7.02. The van der Waals surface area contributed by atoms with E-state index < -0.39 is 17.2 Å². The molecule has 0 aliphatic rings. The van der Waals surface area contributed by atoms with Gasteiger partial charge in [-0.15, -0.1) is 0 Å². The van der Waals surface area contributed by atoms with Crippen molar-refractivity contribution < 1.29 is 13.6 Å². The molecule has 1 rings (SSSR count). The summed E-state index contributed by atoms with van der Waals surface area (Å²) in [6.07, 6.45) is -1.85. The second-order valence-electron chi connectivity index (χ2n) is 2.56. The summed E-state index contributed by atoms with van der Waals surface area (Å²) in [4.78, 5) is 14.4. The van der Waals surface area contributed by atoms with Gasteiger partial charge in [0.1, 0.15) is 0 Å². The molecule has 0 unspecified atom stereocenters. The van der Waals surface area contributed by atoms with Gasteiger partial charge in [0.25, 0.3) is 11.7 Å². The average molecular weight is 240 g/mol. The minimum Gasteiger partial charge on any atom is -0.276 e. The molecular formula is C8H5Cl2F2NO. The molecule has 14 heavy (non-hydrogen) atoms. The molecule has 0 saturated heterocycles. The Morgan fingerprint density at radius 3 is 2.57 bits per heavy atom. The molecule has 0 spiro atoms. The third kappa shape index (κ3) is 2.01. The SMILES string of the molecule is Cc1ncc(C(=O)Cl)c(C(F)F)c1Cl. The standard InChI is InChI=1S/C8H5Cl2F2NO/c1-3-6(9)5(8(11)12)4(2-13-3)7(10)14/h2,8H,1H3. The van der Waals surface area contributed by atoms with Crippen LogP contribution in [0.15, 0.2) is 6.20 Å². The van der Waals surface area contributed by atoms with E-state index in [9.17, 15) is 13.6 Å². The summed E-state index contributed by atoms with van der Waals surface area (Å²) in [5, 5.41) is -1.21. The van der Waals surface area contributed by atoms with Gasteiger partial charge >= 0.3 is 0 Å². The fraction of sp³-hybridized carbons (Fsp3) is 0.250. The molecule has 0 aromatic carbocycles. The number of carbonyl (C=O) groups excluding carboxylic acids is 1.